The zero-order valence-corrected chi connectivity index (χ0v) is 17.9. The summed E-state index contributed by atoms with van der Waals surface area (Å²) in [5.74, 6) is 1.82. The Kier molecular flexibility index (Phi) is 6.36. The molecule has 31 heavy (non-hydrogen) atoms. The number of carbonyl (C=O) groups excluding carboxylic acids is 1. The van der Waals surface area contributed by atoms with E-state index in [1.54, 1.807) is 12.1 Å². The average Bonchev–Trinajstić information content (AvgIpc) is 3.43. The van der Waals surface area contributed by atoms with Crippen molar-refractivity contribution in [3.8, 4) is 5.75 Å². The number of nitrogens with one attached hydrogen (secondary N) is 1. The monoisotopic (exact) mass is 417 g/mol. The van der Waals surface area contributed by atoms with Crippen molar-refractivity contribution in [3.05, 3.63) is 84.1 Å². The van der Waals surface area contributed by atoms with Gasteiger partial charge >= 0.3 is 0 Å². The fourth-order valence-corrected chi connectivity index (χ4v) is 3.67. The van der Waals surface area contributed by atoms with Crippen LogP contribution in [0.15, 0.2) is 71.3 Å². The molecule has 6 nitrogen and oxygen atoms in total. The summed E-state index contributed by atoms with van der Waals surface area (Å²) in [5, 5.41) is 2.99. The molecule has 0 saturated heterocycles. The second-order valence-electron chi connectivity index (χ2n) is 7.60. The van der Waals surface area contributed by atoms with Crippen LogP contribution in [0.2, 0.25) is 0 Å². The number of aryl methyl sites for hydroxylation is 2. The van der Waals surface area contributed by atoms with E-state index in [9.17, 15) is 4.79 Å². The van der Waals surface area contributed by atoms with E-state index in [4.69, 9.17) is 14.1 Å². The topological polar surface area (TPSA) is 69.3 Å². The zero-order valence-electron chi connectivity index (χ0n) is 17.9. The van der Waals surface area contributed by atoms with E-state index in [0.29, 0.717) is 12.4 Å². The number of fused-ring (bicyclic) bond motifs is 1. The van der Waals surface area contributed by atoms with Crippen LogP contribution in [-0.2, 0) is 6.54 Å². The van der Waals surface area contributed by atoms with Gasteiger partial charge in [-0.25, -0.2) is 4.98 Å². The Bertz CT molecular complexity index is 1150. The number of carbonyl (C=O) groups is 1. The number of imidazole rings is 1. The first-order valence-electron chi connectivity index (χ1n) is 10.6. The van der Waals surface area contributed by atoms with E-state index in [2.05, 4.69) is 28.9 Å². The van der Waals surface area contributed by atoms with Crippen LogP contribution in [0, 0.1) is 6.92 Å². The van der Waals surface area contributed by atoms with Gasteiger partial charge in [0.05, 0.1) is 29.9 Å². The number of para-hydroxylation sites is 3. The lowest BCUT2D eigenvalue weighted by molar-refractivity contribution is 0.0909. The highest BCUT2D eigenvalue weighted by molar-refractivity contribution is 5.91. The minimum absolute atomic E-state index is 0.247. The molecule has 4 aromatic rings. The normalized spacial score (nSPS) is 12.1. The van der Waals surface area contributed by atoms with Crippen LogP contribution in [0.25, 0.3) is 11.0 Å². The van der Waals surface area contributed by atoms with Crippen molar-refractivity contribution in [2.45, 2.75) is 39.3 Å². The maximum atomic E-state index is 12.4. The second-order valence-corrected chi connectivity index (χ2v) is 7.60. The standard InChI is InChI=1S/C25H27N3O3/c1-18-10-3-6-13-22(18)30-16-8-7-15-28-21-12-5-4-11-20(21)27-24(28)19(2)26-25(29)23-14-9-17-31-23/h3-6,9-14,17,19H,7-8,15-16H2,1-2H3,(H,26,29). The Hall–Kier alpha value is -3.54. The first-order valence-corrected chi connectivity index (χ1v) is 10.6. The van der Waals surface area contributed by atoms with Crippen LogP contribution in [0.3, 0.4) is 0 Å². The highest BCUT2D eigenvalue weighted by Crippen LogP contribution is 2.22. The molecule has 1 N–H and O–H groups in total. The summed E-state index contributed by atoms with van der Waals surface area (Å²) in [5.41, 5.74) is 3.13. The molecule has 0 bridgehead atoms. The number of unbranched alkanes of at least 4 members (excludes halogenated alkanes) is 1. The number of ether oxygens (including phenoxy) is 1. The highest BCUT2D eigenvalue weighted by atomic mass is 16.5. The Morgan fingerprint density at radius 3 is 2.71 bits per heavy atom. The van der Waals surface area contributed by atoms with Gasteiger partial charge in [-0.15, -0.1) is 0 Å². The maximum absolute atomic E-state index is 12.4. The van der Waals surface area contributed by atoms with Crippen molar-refractivity contribution in [2.24, 2.45) is 0 Å². The van der Waals surface area contributed by atoms with Crippen LogP contribution in [0.5, 0.6) is 5.75 Å². The van der Waals surface area contributed by atoms with E-state index in [-0.39, 0.29) is 11.9 Å². The Balaban J connectivity index is 1.42. The van der Waals surface area contributed by atoms with E-state index >= 15 is 0 Å². The van der Waals surface area contributed by atoms with Gasteiger partial charge in [-0.2, -0.15) is 0 Å². The molecule has 160 valence electrons. The molecule has 0 radical (unpaired) electrons. The van der Waals surface area contributed by atoms with Crippen molar-refractivity contribution in [3.63, 3.8) is 0 Å². The van der Waals surface area contributed by atoms with Crippen LogP contribution in [0.4, 0.5) is 0 Å². The molecule has 1 amide bonds. The van der Waals surface area contributed by atoms with Gasteiger partial charge in [0.15, 0.2) is 5.76 Å². The maximum Gasteiger partial charge on any atom is 0.287 e. The lowest BCUT2D eigenvalue weighted by atomic mass is 10.2. The summed E-state index contributed by atoms with van der Waals surface area (Å²) >= 11 is 0. The van der Waals surface area contributed by atoms with Crippen LogP contribution < -0.4 is 10.1 Å². The molecule has 0 aliphatic carbocycles. The molecule has 2 aromatic carbocycles. The predicted molar refractivity (Wildman–Crippen MR) is 120 cm³/mol. The molecule has 1 unspecified atom stereocenters. The molecule has 6 heteroatoms. The molecule has 0 aliphatic heterocycles. The first-order chi connectivity index (χ1) is 15.1. The van der Waals surface area contributed by atoms with Gasteiger partial charge in [-0.3, -0.25) is 4.79 Å². The summed E-state index contributed by atoms with van der Waals surface area (Å²) in [6.45, 7) is 5.46. The van der Waals surface area contributed by atoms with E-state index < -0.39 is 0 Å². The van der Waals surface area contributed by atoms with Crippen LogP contribution in [0.1, 0.15) is 47.7 Å². The number of furan rings is 1. The molecule has 0 saturated carbocycles. The third-order valence-electron chi connectivity index (χ3n) is 5.29. The third-order valence-corrected chi connectivity index (χ3v) is 5.29. The summed E-state index contributed by atoms with van der Waals surface area (Å²) in [6.07, 6.45) is 3.36. The van der Waals surface area contributed by atoms with Crippen LogP contribution >= 0.6 is 0 Å². The smallest absolute Gasteiger partial charge is 0.287 e. The van der Waals surface area contributed by atoms with Gasteiger partial charge in [0.2, 0.25) is 0 Å². The number of rotatable bonds is 9. The van der Waals surface area contributed by atoms with Crippen molar-refractivity contribution < 1.29 is 13.9 Å². The Morgan fingerprint density at radius 1 is 1.10 bits per heavy atom. The van der Waals surface area contributed by atoms with Gasteiger partial charge in [-0.1, -0.05) is 30.3 Å². The van der Waals surface area contributed by atoms with Gasteiger partial charge in [0.1, 0.15) is 11.6 Å². The SMILES string of the molecule is Cc1ccccc1OCCCCn1c(C(C)NC(=O)c2ccco2)nc2ccccc21. The van der Waals surface area contributed by atoms with Crippen molar-refractivity contribution >= 4 is 16.9 Å². The summed E-state index contributed by atoms with van der Waals surface area (Å²) in [7, 11) is 0. The molecule has 2 aromatic heterocycles. The zero-order chi connectivity index (χ0) is 21.6. The minimum atomic E-state index is -0.256. The fraction of sp³-hybridized carbons (Fsp3) is 0.280. The number of amides is 1. The number of hydrogen-bond acceptors (Lipinski definition) is 4. The summed E-state index contributed by atoms with van der Waals surface area (Å²) < 4.78 is 13.3. The molecular weight excluding hydrogens is 390 g/mol. The van der Waals surface area contributed by atoms with Gasteiger partial charge in [-0.05, 0) is 62.6 Å². The molecule has 0 spiro atoms. The number of hydrogen-bond donors (Lipinski definition) is 1. The van der Waals surface area contributed by atoms with Crippen LogP contribution in [-0.4, -0.2) is 22.1 Å². The lowest BCUT2D eigenvalue weighted by Crippen LogP contribution is -2.28. The fourth-order valence-electron chi connectivity index (χ4n) is 3.67. The average molecular weight is 418 g/mol. The molecule has 2 heterocycles. The van der Waals surface area contributed by atoms with E-state index in [0.717, 1.165) is 47.6 Å². The van der Waals surface area contributed by atoms with Crippen molar-refractivity contribution in [2.75, 3.05) is 6.61 Å². The quantitative estimate of drug-likeness (QED) is 0.376. The van der Waals surface area contributed by atoms with E-state index in [1.165, 1.54) is 6.26 Å². The molecular formula is C25H27N3O3. The van der Waals surface area contributed by atoms with E-state index in [1.807, 2.05) is 43.3 Å². The minimum Gasteiger partial charge on any atom is -0.493 e. The van der Waals surface area contributed by atoms with Crippen molar-refractivity contribution in [1.29, 1.82) is 0 Å². The Labute approximate surface area is 181 Å². The molecule has 0 aliphatic rings. The third kappa shape index (κ3) is 4.79. The Morgan fingerprint density at radius 2 is 1.90 bits per heavy atom. The number of aromatic nitrogens is 2. The van der Waals surface area contributed by atoms with Crippen molar-refractivity contribution in [1.82, 2.24) is 14.9 Å². The highest BCUT2D eigenvalue weighted by Gasteiger charge is 2.20. The van der Waals surface area contributed by atoms with Gasteiger partial charge in [0.25, 0.3) is 5.91 Å². The molecule has 1 atom stereocenters. The largest absolute Gasteiger partial charge is 0.493 e. The predicted octanol–water partition coefficient (Wildman–Crippen LogP) is 5.29. The molecule has 0 fully saturated rings. The number of benzene rings is 2. The number of nitrogens with zero attached hydrogens (tertiary/aromatic N) is 2. The lowest BCUT2D eigenvalue weighted by Gasteiger charge is -2.16. The van der Waals surface area contributed by atoms with Gasteiger partial charge in [0, 0.05) is 6.54 Å². The van der Waals surface area contributed by atoms with Gasteiger partial charge < -0.3 is 19.0 Å². The second kappa shape index (κ2) is 9.51. The summed E-state index contributed by atoms with van der Waals surface area (Å²) in [6, 6.07) is 19.2. The first kappa shape index (κ1) is 20.7. The molecule has 4 rings (SSSR count). The summed E-state index contributed by atoms with van der Waals surface area (Å²) in [4.78, 5) is 17.2.